The first-order valence-electron chi connectivity index (χ1n) is 7.29. The third kappa shape index (κ3) is 4.70. The molecule has 1 amide bonds. The Hall–Kier alpha value is -1.62. The van der Waals surface area contributed by atoms with Crippen molar-refractivity contribution < 1.29 is 14.7 Å². The molecule has 0 unspecified atom stereocenters. The monoisotopic (exact) mass is 307 g/mol. The van der Waals surface area contributed by atoms with Crippen LogP contribution in [0.3, 0.4) is 0 Å². The molecule has 114 valence electrons. The van der Waals surface area contributed by atoms with Crippen molar-refractivity contribution in [1.29, 1.82) is 0 Å². The second-order valence-corrected chi connectivity index (χ2v) is 6.55. The second kappa shape index (κ2) is 7.41. The van der Waals surface area contributed by atoms with E-state index in [1.165, 1.54) is 5.56 Å². The molecule has 0 aromatic carbocycles. The Morgan fingerprint density at radius 2 is 2.10 bits per heavy atom. The number of amides is 1. The molecule has 0 spiro atoms. The summed E-state index contributed by atoms with van der Waals surface area (Å²) in [4.78, 5) is 23.8. The number of rotatable bonds is 5. The molecule has 1 aromatic heterocycles. The van der Waals surface area contributed by atoms with E-state index in [4.69, 9.17) is 5.11 Å². The smallest absolute Gasteiger partial charge is 0.306 e. The molecule has 5 heteroatoms. The fraction of sp³-hybridized carbons (Fsp3) is 0.500. The van der Waals surface area contributed by atoms with Gasteiger partial charge in [-0.2, -0.15) is 0 Å². The lowest BCUT2D eigenvalue weighted by atomic mass is 9.82. The third-order valence-electron chi connectivity index (χ3n) is 4.05. The van der Waals surface area contributed by atoms with E-state index >= 15 is 0 Å². The summed E-state index contributed by atoms with van der Waals surface area (Å²) in [5, 5.41) is 13.9. The largest absolute Gasteiger partial charge is 0.481 e. The van der Waals surface area contributed by atoms with E-state index in [0.717, 1.165) is 30.6 Å². The Morgan fingerprint density at radius 3 is 2.67 bits per heavy atom. The molecule has 0 atom stereocenters. The van der Waals surface area contributed by atoms with Crippen LogP contribution in [0, 0.1) is 18.8 Å². The molecule has 1 fully saturated rings. The molecule has 0 bridgehead atoms. The summed E-state index contributed by atoms with van der Waals surface area (Å²) in [5.74, 6) is -0.560. The average Bonchev–Trinajstić information content (AvgIpc) is 2.88. The van der Waals surface area contributed by atoms with Crippen molar-refractivity contribution in [1.82, 2.24) is 5.32 Å². The molecule has 4 nitrogen and oxygen atoms in total. The number of carbonyl (C=O) groups is 2. The summed E-state index contributed by atoms with van der Waals surface area (Å²) in [7, 11) is 0. The van der Waals surface area contributed by atoms with Gasteiger partial charge in [0.2, 0.25) is 5.91 Å². The fourth-order valence-electron chi connectivity index (χ4n) is 2.62. The van der Waals surface area contributed by atoms with Crippen molar-refractivity contribution >= 4 is 29.3 Å². The summed E-state index contributed by atoms with van der Waals surface area (Å²) in [6.07, 6.45) is 6.62. The van der Waals surface area contributed by atoms with Crippen molar-refractivity contribution in [2.75, 3.05) is 6.54 Å². The Kier molecular flexibility index (Phi) is 5.56. The van der Waals surface area contributed by atoms with E-state index in [0.29, 0.717) is 12.5 Å². The predicted octanol–water partition coefficient (Wildman–Crippen LogP) is 3.08. The summed E-state index contributed by atoms with van der Waals surface area (Å²) in [5.41, 5.74) is 1.18. The van der Waals surface area contributed by atoms with Gasteiger partial charge in [0, 0.05) is 17.5 Å². The Balaban J connectivity index is 1.71. The number of hydrogen-bond donors (Lipinski definition) is 2. The van der Waals surface area contributed by atoms with Gasteiger partial charge in [0.15, 0.2) is 0 Å². The minimum atomic E-state index is -0.688. The molecular formula is C16H21NO3S. The molecule has 2 N–H and O–H groups in total. The quantitative estimate of drug-likeness (QED) is 0.822. The van der Waals surface area contributed by atoms with Crippen LogP contribution in [0.2, 0.25) is 0 Å². The summed E-state index contributed by atoms with van der Waals surface area (Å²) >= 11 is 1.62. The number of nitrogens with one attached hydrogen (secondary N) is 1. The van der Waals surface area contributed by atoms with Gasteiger partial charge in [0.05, 0.1) is 5.92 Å². The van der Waals surface area contributed by atoms with Crippen LogP contribution in [0.5, 0.6) is 0 Å². The Labute approximate surface area is 128 Å². The number of aliphatic carboxylic acids is 1. The molecule has 1 aliphatic carbocycles. The Morgan fingerprint density at radius 1 is 1.38 bits per heavy atom. The highest BCUT2D eigenvalue weighted by atomic mass is 32.1. The standard InChI is InChI=1S/C16H21NO3S/c1-11-8-9-21-14(11)6-7-15(18)17-10-12-2-4-13(5-3-12)16(19)20/h6-9,12-13H,2-5,10H2,1H3,(H,17,18)(H,19,20)/b7-6+. The van der Waals surface area contributed by atoms with Crippen LogP contribution < -0.4 is 5.32 Å². The van der Waals surface area contributed by atoms with Gasteiger partial charge >= 0.3 is 5.97 Å². The molecule has 2 rings (SSSR count). The highest BCUT2D eigenvalue weighted by Gasteiger charge is 2.25. The second-order valence-electron chi connectivity index (χ2n) is 5.60. The summed E-state index contributed by atoms with van der Waals surface area (Å²) in [6, 6.07) is 2.03. The van der Waals surface area contributed by atoms with Crippen LogP contribution in [-0.4, -0.2) is 23.5 Å². The molecule has 0 saturated heterocycles. The minimum absolute atomic E-state index is 0.0804. The first kappa shape index (κ1) is 15.8. The molecule has 1 aromatic rings. The number of thiophene rings is 1. The highest BCUT2D eigenvalue weighted by Crippen LogP contribution is 2.28. The minimum Gasteiger partial charge on any atom is -0.481 e. The normalized spacial score (nSPS) is 22.3. The maximum Gasteiger partial charge on any atom is 0.306 e. The van der Waals surface area contributed by atoms with Crippen LogP contribution in [-0.2, 0) is 9.59 Å². The van der Waals surface area contributed by atoms with Crippen LogP contribution in [0.25, 0.3) is 6.08 Å². The van der Waals surface area contributed by atoms with Gasteiger partial charge in [0.1, 0.15) is 0 Å². The number of carboxylic acids is 1. The number of carbonyl (C=O) groups excluding carboxylic acids is 1. The molecule has 1 saturated carbocycles. The predicted molar refractivity (Wildman–Crippen MR) is 84.2 cm³/mol. The van der Waals surface area contributed by atoms with Crippen LogP contribution in [0.1, 0.15) is 36.1 Å². The third-order valence-corrected chi connectivity index (χ3v) is 5.03. The summed E-state index contributed by atoms with van der Waals surface area (Å²) < 4.78 is 0. The van der Waals surface area contributed by atoms with Crippen molar-refractivity contribution in [3.05, 3.63) is 28.0 Å². The van der Waals surface area contributed by atoms with Crippen molar-refractivity contribution in [2.45, 2.75) is 32.6 Å². The van der Waals surface area contributed by atoms with Gasteiger partial charge in [-0.15, -0.1) is 11.3 Å². The van der Waals surface area contributed by atoms with E-state index < -0.39 is 5.97 Å². The molecule has 21 heavy (non-hydrogen) atoms. The van der Waals surface area contributed by atoms with E-state index in [-0.39, 0.29) is 11.8 Å². The molecule has 1 aliphatic rings. The van der Waals surface area contributed by atoms with Crippen molar-refractivity contribution in [2.24, 2.45) is 11.8 Å². The van der Waals surface area contributed by atoms with Gasteiger partial charge in [-0.1, -0.05) is 0 Å². The zero-order valence-electron chi connectivity index (χ0n) is 12.2. The Bertz CT molecular complexity index is 527. The van der Waals surface area contributed by atoms with Crippen molar-refractivity contribution in [3.63, 3.8) is 0 Å². The maximum atomic E-state index is 11.8. The van der Waals surface area contributed by atoms with Crippen LogP contribution in [0.15, 0.2) is 17.5 Å². The van der Waals surface area contributed by atoms with Gasteiger partial charge < -0.3 is 10.4 Å². The summed E-state index contributed by atoms with van der Waals surface area (Å²) in [6.45, 7) is 2.66. The lowest BCUT2D eigenvalue weighted by Crippen LogP contribution is -2.31. The van der Waals surface area contributed by atoms with E-state index in [1.54, 1.807) is 17.4 Å². The van der Waals surface area contributed by atoms with Gasteiger partial charge in [-0.25, -0.2) is 0 Å². The van der Waals surface area contributed by atoms with Crippen molar-refractivity contribution in [3.8, 4) is 0 Å². The molecular weight excluding hydrogens is 286 g/mol. The first-order chi connectivity index (χ1) is 10.1. The maximum absolute atomic E-state index is 11.8. The lowest BCUT2D eigenvalue weighted by molar-refractivity contribution is -0.143. The average molecular weight is 307 g/mol. The molecule has 1 heterocycles. The van der Waals surface area contributed by atoms with Gasteiger partial charge in [-0.05, 0) is 61.6 Å². The number of aryl methyl sites for hydroxylation is 1. The van der Waals surface area contributed by atoms with Crippen LogP contribution in [0.4, 0.5) is 0 Å². The SMILES string of the molecule is Cc1ccsc1/C=C/C(=O)NCC1CCC(C(=O)O)CC1. The van der Waals surface area contributed by atoms with Crippen LogP contribution >= 0.6 is 11.3 Å². The number of carboxylic acid groups (broad SMARTS) is 1. The van der Waals surface area contributed by atoms with Gasteiger partial charge in [-0.3, -0.25) is 9.59 Å². The molecule has 0 radical (unpaired) electrons. The molecule has 0 aliphatic heterocycles. The number of hydrogen-bond acceptors (Lipinski definition) is 3. The highest BCUT2D eigenvalue weighted by molar-refractivity contribution is 7.11. The van der Waals surface area contributed by atoms with E-state index in [2.05, 4.69) is 5.32 Å². The fourth-order valence-corrected chi connectivity index (χ4v) is 3.44. The lowest BCUT2D eigenvalue weighted by Gasteiger charge is -2.25. The van der Waals surface area contributed by atoms with E-state index in [9.17, 15) is 9.59 Å². The van der Waals surface area contributed by atoms with E-state index in [1.807, 2.05) is 24.4 Å². The zero-order valence-corrected chi connectivity index (χ0v) is 13.0. The zero-order chi connectivity index (χ0) is 15.2. The van der Waals surface area contributed by atoms with Gasteiger partial charge in [0.25, 0.3) is 0 Å². The topological polar surface area (TPSA) is 66.4 Å². The first-order valence-corrected chi connectivity index (χ1v) is 8.17.